The van der Waals surface area contributed by atoms with Crippen LogP contribution >= 0.6 is 0 Å². The molecule has 0 amide bonds. The van der Waals surface area contributed by atoms with Crippen LogP contribution in [0, 0.1) is 5.92 Å². The molecule has 3 aliphatic rings. The number of aliphatic hydroxyl groups is 1. The van der Waals surface area contributed by atoms with Gasteiger partial charge in [0, 0.05) is 30.9 Å². The van der Waals surface area contributed by atoms with E-state index in [-0.39, 0.29) is 5.75 Å². The predicted octanol–water partition coefficient (Wildman–Crippen LogP) is 2.92. The first-order valence-corrected chi connectivity index (χ1v) is 13.1. The van der Waals surface area contributed by atoms with Crippen LogP contribution in [0.15, 0.2) is 40.9 Å². The quantitative estimate of drug-likeness (QED) is 0.573. The van der Waals surface area contributed by atoms with Crippen molar-refractivity contribution < 1.29 is 22.7 Å². The second-order valence-electron chi connectivity index (χ2n) is 8.59. The van der Waals surface area contributed by atoms with Gasteiger partial charge in [-0.3, -0.25) is 4.72 Å². The van der Waals surface area contributed by atoms with Crippen molar-refractivity contribution in [2.45, 2.75) is 25.7 Å². The summed E-state index contributed by atoms with van der Waals surface area (Å²) in [5.74, 6) is 1.48. The van der Waals surface area contributed by atoms with E-state index in [1.54, 1.807) is 36.5 Å². The van der Waals surface area contributed by atoms with Gasteiger partial charge in [-0.15, -0.1) is 10.2 Å². The van der Waals surface area contributed by atoms with Gasteiger partial charge in [0.2, 0.25) is 27.7 Å². The van der Waals surface area contributed by atoms with Crippen molar-refractivity contribution in [3.8, 4) is 28.8 Å². The summed E-state index contributed by atoms with van der Waals surface area (Å²) >= 11 is 0. The number of sulfonamides is 1. The normalized spacial score (nSPS) is 16.7. The van der Waals surface area contributed by atoms with Gasteiger partial charge in [0.05, 0.1) is 35.9 Å². The van der Waals surface area contributed by atoms with Gasteiger partial charge in [-0.2, -0.15) is 0 Å². The lowest BCUT2D eigenvalue weighted by Gasteiger charge is -2.34. The van der Waals surface area contributed by atoms with Crippen molar-refractivity contribution >= 4 is 21.4 Å². The number of fused-ring (bicyclic) bond motifs is 5. The lowest BCUT2D eigenvalue weighted by atomic mass is 9.91. The van der Waals surface area contributed by atoms with Gasteiger partial charge in [-0.05, 0) is 55.9 Å². The van der Waals surface area contributed by atoms with E-state index in [2.05, 4.69) is 24.8 Å². The summed E-state index contributed by atoms with van der Waals surface area (Å²) in [5, 5.41) is 17.6. The average Bonchev–Trinajstić information content (AvgIpc) is 3.32. The van der Waals surface area contributed by atoms with Crippen molar-refractivity contribution in [3.63, 3.8) is 0 Å². The molecule has 1 aromatic carbocycles. The number of rotatable bonds is 4. The second-order valence-corrected chi connectivity index (χ2v) is 10.4. The molecular weight excluding hydrogens is 458 g/mol. The average molecular weight is 486 g/mol. The number of aromatic nitrogens is 3. The van der Waals surface area contributed by atoms with Crippen LogP contribution in [0.5, 0.6) is 5.88 Å². The van der Waals surface area contributed by atoms with Crippen LogP contribution in [0.2, 0.25) is 0 Å². The van der Waals surface area contributed by atoms with Gasteiger partial charge >= 0.3 is 0 Å². The molecule has 6 rings (SSSR count). The predicted molar refractivity (Wildman–Crippen MR) is 127 cm³/mol. The number of nitrogens with zero attached hydrogens (tertiary/aromatic N) is 4. The molecule has 0 saturated carbocycles. The third-order valence-electron chi connectivity index (χ3n) is 6.23. The molecule has 10 nitrogen and oxygen atoms in total. The van der Waals surface area contributed by atoms with E-state index in [4.69, 9.17) is 14.3 Å². The van der Waals surface area contributed by atoms with E-state index < -0.39 is 16.6 Å². The van der Waals surface area contributed by atoms with Gasteiger partial charge in [0.1, 0.15) is 0 Å². The standard InChI is InChI=1S/C23H27N5O5S/c29-11-13-34(30,31)27-18-3-4-19-20(15-18)28-9-6-16(7-10-28)2-1-12-32-21-14-17(5-8-24-21)22-25-26-23(19)33-22/h3-5,8,14-16,27,29H,1-2,6-7,9-13H2. The van der Waals surface area contributed by atoms with Crippen LogP contribution in [0.25, 0.3) is 22.9 Å². The van der Waals surface area contributed by atoms with Crippen molar-refractivity contribution in [3.05, 3.63) is 36.5 Å². The summed E-state index contributed by atoms with van der Waals surface area (Å²) in [6.45, 7) is 1.84. The number of ether oxygens (including phenoxy) is 1. The number of nitrogens with one attached hydrogen (secondary N) is 1. The number of aliphatic hydroxyl groups excluding tert-OH is 1. The number of anilines is 2. The zero-order valence-corrected chi connectivity index (χ0v) is 19.5. The van der Waals surface area contributed by atoms with Crippen LogP contribution in [0.4, 0.5) is 11.4 Å². The first-order chi connectivity index (χ1) is 16.5. The first kappa shape index (κ1) is 22.6. The van der Waals surface area contributed by atoms with E-state index in [0.717, 1.165) is 50.0 Å². The Labute approximate surface area is 198 Å². The van der Waals surface area contributed by atoms with E-state index in [1.807, 2.05) is 0 Å². The zero-order chi connectivity index (χ0) is 23.5. The summed E-state index contributed by atoms with van der Waals surface area (Å²) in [7, 11) is -3.64. The fraction of sp³-hybridized carbons (Fsp3) is 0.435. The Hall–Kier alpha value is -3.18. The Balaban J connectivity index is 1.55. The molecule has 2 aromatic heterocycles. The number of benzene rings is 1. The summed E-state index contributed by atoms with van der Waals surface area (Å²) < 4.78 is 38.8. The Morgan fingerprint density at radius 3 is 2.74 bits per heavy atom. The molecule has 3 aliphatic heterocycles. The van der Waals surface area contributed by atoms with E-state index in [1.165, 1.54) is 0 Å². The molecule has 3 aromatic rings. The third-order valence-corrected chi connectivity index (χ3v) is 7.50. The second kappa shape index (κ2) is 9.59. The van der Waals surface area contributed by atoms with E-state index >= 15 is 0 Å². The van der Waals surface area contributed by atoms with Crippen molar-refractivity contribution in [1.29, 1.82) is 0 Å². The first-order valence-electron chi connectivity index (χ1n) is 11.4. The van der Waals surface area contributed by atoms with Crippen LogP contribution in [0.1, 0.15) is 25.7 Å². The monoisotopic (exact) mass is 485 g/mol. The highest BCUT2D eigenvalue weighted by molar-refractivity contribution is 7.92. The van der Waals surface area contributed by atoms with Gasteiger partial charge in [-0.1, -0.05) is 0 Å². The van der Waals surface area contributed by atoms with Crippen molar-refractivity contribution in [1.82, 2.24) is 15.2 Å². The molecule has 180 valence electrons. The molecule has 34 heavy (non-hydrogen) atoms. The number of piperidine rings is 1. The maximum atomic E-state index is 12.2. The SMILES string of the molecule is O=S(=O)(CCO)Nc1ccc2c(c1)N1CCC(CCCOc3cc(ccn3)-c3nnc-2o3)CC1. The highest BCUT2D eigenvalue weighted by Crippen LogP contribution is 2.37. The minimum atomic E-state index is -3.64. The molecule has 0 aliphatic carbocycles. The number of hydrogen-bond acceptors (Lipinski definition) is 9. The fourth-order valence-electron chi connectivity index (χ4n) is 4.47. The maximum Gasteiger partial charge on any atom is 0.250 e. The van der Waals surface area contributed by atoms with E-state index in [0.29, 0.717) is 41.4 Å². The highest BCUT2D eigenvalue weighted by atomic mass is 32.2. The molecule has 5 heterocycles. The Bertz CT molecular complexity index is 1250. The molecule has 0 spiro atoms. The topological polar surface area (TPSA) is 131 Å². The van der Waals surface area contributed by atoms with Gasteiger partial charge in [0.25, 0.3) is 0 Å². The third kappa shape index (κ3) is 5.00. The molecular formula is C23H27N5O5S. The molecule has 6 bridgehead atoms. The molecule has 11 heteroatoms. The molecule has 0 radical (unpaired) electrons. The molecule has 0 unspecified atom stereocenters. The van der Waals surface area contributed by atoms with Gasteiger partial charge < -0.3 is 19.2 Å². The van der Waals surface area contributed by atoms with Gasteiger partial charge in [0.15, 0.2) is 0 Å². The summed E-state index contributed by atoms with van der Waals surface area (Å²) in [6, 6.07) is 8.84. The molecule has 2 N–H and O–H groups in total. The Morgan fingerprint density at radius 1 is 1.09 bits per heavy atom. The van der Waals surface area contributed by atoms with Crippen LogP contribution in [-0.4, -0.2) is 60.8 Å². The van der Waals surface area contributed by atoms with Crippen LogP contribution in [0.3, 0.4) is 0 Å². The number of hydrogen-bond donors (Lipinski definition) is 2. The molecule has 0 atom stereocenters. The van der Waals surface area contributed by atoms with Crippen molar-refractivity contribution in [2.24, 2.45) is 5.92 Å². The lowest BCUT2D eigenvalue weighted by Crippen LogP contribution is -2.34. The summed E-state index contributed by atoms with van der Waals surface area (Å²) in [4.78, 5) is 6.52. The zero-order valence-electron chi connectivity index (χ0n) is 18.7. The largest absolute Gasteiger partial charge is 0.478 e. The fourth-order valence-corrected chi connectivity index (χ4v) is 5.30. The maximum absolute atomic E-state index is 12.2. The van der Waals surface area contributed by atoms with E-state index in [9.17, 15) is 8.42 Å². The van der Waals surface area contributed by atoms with Crippen molar-refractivity contribution in [2.75, 3.05) is 41.7 Å². The smallest absolute Gasteiger partial charge is 0.250 e. The number of pyridine rings is 1. The summed E-state index contributed by atoms with van der Waals surface area (Å²) in [6.07, 6.45) is 5.76. The molecule has 1 saturated heterocycles. The van der Waals surface area contributed by atoms with Gasteiger partial charge in [-0.25, -0.2) is 13.4 Å². The Morgan fingerprint density at radius 2 is 1.91 bits per heavy atom. The summed E-state index contributed by atoms with van der Waals surface area (Å²) in [5.41, 5.74) is 2.72. The minimum Gasteiger partial charge on any atom is -0.478 e. The highest BCUT2D eigenvalue weighted by Gasteiger charge is 2.25. The lowest BCUT2D eigenvalue weighted by molar-refractivity contribution is 0.271. The van der Waals surface area contributed by atoms with Crippen LogP contribution in [-0.2, 0) is 10.0 Å². The minimum absolute atomic E-state index is 0.350. The Kier molecular flexibility index (Phi) is 6.38. The van der Waals surface area contributed by atoms with Crippen LogP contribution < -0.4 is 14.4 Å². The molecule has 1 fully saturated rings.